The Balaban J connectivity index is 1.83. The Hall–Kier alpha value is -2.00. The minimum Gasteiger partial charge on any atom is -0.441 e. The van der Waals surface area contributed by atoms with Crippen LogP contribution in [-0.2, 0) is 6.42 Å². The fraction of sp³-hybridized carbons (Fsp3) is 0.235. The van der Waals surface area contributed by atoms with E-state index in [1.807, 2.05) is 43.3 Å². The Morgan fingerprint density at radius 2 is 2.10 bits per heavy atom. The third-order valence-electron chi connectivity index (χ3n) is 3.47. The molecule has 0 saturated carbocycles. The van der Waals surface area contributed by atoms with Crippen LogP contribution in [0.2, 0.25) is 5.02 Å². The van der Waals surface area contributed by atoms with Crippen molar-refractivity contribution in [3.8, 4) is 0 Å². The number of fused-ring (bicyclic) bond motifs is 1. The van der Waals surface area contributed by atoms with E-state index in [1.165, 1.54) is 0 Å². The van der Waals surface area contributed by atoms with Gasteiger partial charge in [-0.2, -0.15) is 0 Å². The highest BCUT2D eigenvalue weighted by atomic mass is 35.5. The molecule has 3 aromatic rings. The standard InChI is InChI=1S/C17H17ClN2O/c1-3-17-20-15-10-14(7-8-16(15)21-17)19-11(2)12-5-4-6-13(18)9-12/h4-11,19H,3H2,1-2H3. The van der Waals surface area contributed by atoms with Crippen molar-refractivity contribution < 1.29 is 4.42 Å². The molecule has 21 heavy (non-hydrogen) atoms. The van der Waals surface area contributed by atoms with Gasteiger partial charge in [-0.1, -0.05) is 30.7 Å². The van der Waals surface area contributed by atoms with Crippen molar-refractivity contribution >= 4 is 28.4 Å². The maximum atomic E-state index is 6.04. The van der Waals surface area contributed by atoms with E-state index in [9.17, 15) is 0 Å². The van der Waals surface area contributed by atoms with E-state index in [2.05, 4.69) is 23.3 Å². The molecule has 1 heterocycles. The second kappa shape index (κ2) is 5.78. The number of nitrogens with one attached hydrogen (secondary N) is 1. The predicted octanol–water partition coefficient (Wildman–Crippen LogP) is 5.22. The molecule has 0 aliphatic rings. The van der Waals surface area contributed by atoms with Crippen LogP contribution in [0.3, 0.4) is 0 Å². The zero-order valence-electron chi connectivity index (χ0n) is 12.1. The number of nitrogens with zero attached hydrogens (tertiary/aromatic N) is 1. The van der Waals surface area contributed by atoms with E-state index >= 15 is 0 Å². The number of oxazole rings is 1. The number of anilines is 1. The second-order valence-corrected chi connectivity index (χ2v) is 5.50. The lowest BCUT2D eigenvalue weighted by molar-refractivity contribution is 0.538. The number of hydrogen-bond acceptors (Lipinski definition) is 3. The maximum Gasteiger partial charge on any atom is 0.195 e. The summed E-state index contributed by atoms with van der Waals surface area (Å²) in [7, 11) is 0. The predicted molar refractivity (Wildman–Crippen MR) is 86.9 cm³/mol. The van der Waals surface area contributed by atoms with Gasteiger partial charge in [-0.25, -0.2) is 4.98 Å². The van der Waals surface area contributed by atoms with Gasteiger partial charge in [-0.15, -0.1) is 0 Å². The van der Waals surface area contributed by atoms with Gasteiger partial charge in [0.05, 0.1) is 0 Å². The van der Waals surface area contributed by atoms with Crippen LogP contribution in [0, 0.1) is 0 Å². The summed E-state index contributed by atoms with van der Waals surface area (Å²) in [5, 5.41) is 4.22. The average molecular weight is 301 g/mol. The number of halogens is 1. The van der Waals surface area contributed by atoms with Crippen LogP contribution >= 0.6 is 11.6 Å². The molecule has 108 valence electrons. The molecular weight excluding hydrogens is 284 g/mol. The molecule has 0 aliphatic carbocycles. The van der Waals surface area contributed by atoms with E-state index in [-0.39, 0.29) is 6.04 Å². The molecule has 0 amide bonds. The molecule has 0 bridgehead atoms. The first-order valence-electron chi connectivity index (χ1n) is 7.07. The highest BCUT2D eigenvalue weighted by Crippen LogP contribution is 2.25. The third kappa shape index (κ3) is 3.03. The summed E-state index contributed by atoms with van der Waals surface area (Å²) in [5.41, 5.74) is 3.88. The van der Waals surface area contributed by atoms with E-state index in [1.54, 1.807) is 0 Å². The summed E-state index contributed by atoms with van der Waals surface area (Å²) in [6.07, 6.45) is 0.802. The van der Waals surface area contributed by atoms with Gasteiger partial charge in [0, 0.05) is 23.2 Å². The summed E-state index contributed by atoms with van der Waals surface area (Å²) < 4.78 is 5.62. The monoisotopic (exact) mass is 300 g/mol. The lowest BCUT2D eigenvalue weighted by atomic mass is 10.1. The second-order valence-electron chi connectivity index (χ2n) is 5.06. The van der Waals surface area contributed by atoms with Crippen molar-refractivity contribution in [3.05, 3.63) is 58.9 Å². The van der Waals surface area contributed by atoms with Crippen molar-refractivity contribution in [2.24, 2.45) is 0 Å². The van der Waals surface area contributed by atoms with Crippen molar-refractivity contribution in [2.45, 2.75) is 26.3 Å². The number of benzene rings is 2. The number of aromatic nitrogens is 1. The fourth-order valence-electron chi connectivity index (χ4n) is 2.33. The zero-order valence-corrected chi connectivity index (χ0v) is 12.8. The zero-order chi connectivity index (χ0) is 14.8. The van der Waals surface area contributed by atoms with Gasteiger partial charge in [0.1, 0.15) is 5.52 Å². The average Bonchev–Trinajstić information content (AvgIpc) is 2.89. The molecule has 4 heteroatoms. The Labute approximate surface area is 128 Å². The van der Waals surface area contributed by atoms with Gasteiger partial charge in [-0.05, 0) is 42.8 Å². The first-order valence-corrected chi connectivity index (χ1v) is 7.45. The SMILES string of the molecule is CCc1nc2cc(NC(C)c3cccc(Cl)c3)ccc2o1. The number of aryl methyl sites for hydroxylation is 1. The van der Waals surface area contributed by atoms with Crippen LogP contribution in [-0.4, -0.2) is 4.98 Å². The van der Waals surface area contributed by atoms with Gasteiger partial charge in [0.15, 0.2) is 11.5 Å². The smallest absolute Gasteiger partial charge is 0.195 e. The van der Waals surface area contributed by atoms with Gasteiger partial charge in [0.2, 0.25) is 0 Å². The molecule has 3 rings (SSSR count). The first kappa shape index (κ1) is 14.0. The molecule has 1 N–H and O–H groups in total. The number of rotatable bonds is 4. The Kier molecular flexibility index (Phi) is 3.84. The highest BCUT2D eigenvalue weighted by molar-refractivity contribution is 6.30. The first-order chi connectivity index (χ1) is 10.2. The van der Waals surface area contributed by atoms with Crippen molar-refractivity contribution in [3.63, 3.8) is 0 Å². The molecule has 0 fully saturated rings. The van der Waals surface area contributed by atoms with Gasteiger partial charge < -0.3 is 9.73 Å². The minimum atomic E-state index is 0.165. The summed E-state index contributed by atoms with van der Waals surface area (Å²) in [6.45, 7) is 4.14. The van der Waals surface area contributed by atoms with Crippen LogP contribution in [0.1, 0.15) is 31.3 Å². The molecule has 2 aromatic carbocycles. The van der Waals surface area contributed by atoms with E-state index in [0.717, 1.165) is 39.7 Å². The lowest BCUT2D eigenvalue weighted by Crippen LogP contribution is -2.06. The quantitative estimate of drug-likeness (QED) is 0.718. The fourth-order valence-corrected chi connectivity index (χ4v) is 2.52. The highest BCUT2D eigenvalue weighted by Gasteiger charge is 2.08. The molecular formula is C17H17ClN2O. The Morgan fingerprint density at radius 1 is 1.24 bits per heavy atom. The molecule has 1 unspecified atom stereocenters. The van der Waals surface area contributed by atoms with Crippen molar-refractivity contribution in [2.75, 3.05) is 5.32 Å². The van der Waals surface area contributed by atoms with Crippen molar-refractivity contribution in [1.82, 2.24) is 4.98 Å². The van der Waals surface area contributed by atoms with Crippen LogP contribution in [0.4, 0.5) is 5.69 Å². The summed E-state index contributed by atoms with van der Waals surface area (Å²) in [5.74, 6) is 0.769. The normalized spacial score (nSPS) is 12.5. The van der Waals surface area contributed by atoms with Gasteiger partial charge >= 0.3 is 0 Å². The Bertz CT molecular complexity index is 766. The van der Waals surface area contributed by atoms with Crippen LogP contribution in [0.5, 0.6) is 0 Å². The minimum absolute atomic E-state index is 0.165. The van der Waals surface area contributed by atoms with Crippen LogP contribution in [0.15, 0.2) is 46.9 Å². The van der Waals surface area contributed by atoms with E-state index in [0.29, 0.717) is 0 Å². The van der Waals surface area contributed by atoms with Crippen LogP contribution < -0.4 is 5.32 Å². The molecule has 0 aliphatic heterocycles. The summed E-state index contributed by atoms with van der Waals surface area (Å²) in [6, 6.07) is 14.0. The van der Waals surface area contributed by atoms with E-state index < -0.39 is 0 Å². The molecule has 1 atom stereocenters. The molecule has 0 radical (unpaired) electrons. The lowest BCUT2D eigenvalue weighted by Gasteiger charge is -2.15. The van der Waals surface area contributed by atoms with Gasteiger partial charge in [0.25, 0.3) is 0 Å². The van der Waals surface area contributed by atoms with Crippen molar-refractivity contribution in [1.29, 1.82) is 0 Å². The summed E-state index contributed by atoms with van der Waals surface area (Å²) in [4.78, 5) is 4.46. The maximum absolute atomic E-state index is 6.04. The third-order valence-corrected chi connectivity index (χ3v) is 3.70. The summed E-state index contributed by atoms with van der Waals surface area (Å²) >= 11 is 6.04. The Morgan fingerprint density at radius 3 is 2.86 bits per heavy atom. The molecule has 3 nitrogen and oxygen atoms in total. The molecule has 1 aromatic heterocycles. The van der Waals surface area contributed by atoms with Gasteiger partial charge in [-0.3, -0.25) is 0 Å². The molecule has 0 saturated heterocycles. The van der Waals surface area contributed by atoms with Crippen LogP contribution in [0.25, 0.3) is 11.1 Å². The largest absolute Gasteiger partial charge is 0.441 e. The molecule has 0 spiro atoms. The van der Waals surface area contributed by atoms with E-state index in [4.69, 9.17) is 16.0 Å². The number of hydrogen-bond donors (Lipinski definition) is 1. The topological polar surface area (TPSA) is 38.1 Å².